The molecule has 0 radical (unpaired) electrons. The third-order valence-electron chi connectivity index (χ3n) is 1.50. The molecule has 0 bridgehead atoms. The number of hydrogen-bond donors (Lipinski definition) is 2. The second-order valence-electron chi connectivity index (χ2n) is 2.69. The Bertz CT molecular complexity index is 282. The maximum atomic E-state index is 8.55. The molecule has 0 unspecified atom stereocenters. The summed E-state index contributed by atoms with van der Waals surface area (Å²) in [5.74, 6) is 1.33. The fourth-order valence-electron chi connectivity index (χ4n) is 0.971. The van der Waals surface area contributed by atoms with E-state index in [1.807, 2.05) is 31.2 Å². The molecule has 0 saturated heterocycles. The molecule has 0 aliphatic carbocycles. The van der Waals surface area contributed by atoms with Crippen molar-refractivity contribution in [3.63, 3.8) is 0 Å². The molecule has 3 heteroatoms. The molecule has 12 heavy (non-hydrogen) atoms. The summed E-state index contributed by atoms with van der Waals surface area (Å²) < 4.78 is 0. The van der Waals surface area contributed by atoms with Crippen LogP contribution in [0.1, 0.15) is 11.1 Å². The van der Waals surface area contributed by atoms with Gasteiger partial charge in [0.1, 0.15) is 0 Å². The van der Waals surface area contributed by atoms with Crippen molar-refractivity contribution in [1.29, 1.82) is 0 Å². The summed E-state index contributed by atoms with van der Waals surface area (Å²) in [7, 11) is -1.37. The quantitative estimate of drug-likeness (QED) is 0.637. The number of hydrogen-bond acceptors (Lipinski definition) is 2. The zero-order valence-electron chi connectivity index (χ0n) is 6.94. The van der Waals surface area contributed by atoms with Crippen LogP contribution in [0, 0.1) is 6.92 Å². The Balaban J connectivity index is 2.76. The van der Waals surface area contributed by atoms with Crippen LogP contribution >= 0.6 is 0 Å². The van der Waals surface area contributed by atoms with Crippen molar-refractivity contribution in [3.05, 3.63) is 41.4 Å². The molecular weight excluding hydrogens is 151 g/mol. The van der Waals surface area contributed by atoms with Crippen molar-refractivity contribution < 1.29 is 10.0 Å². The first-order chi connectivity index (χ1) is 5.68. The zero-order valence-corrected chi connectivity index (χ0v) is 6.94. The van der Waals surface area contributed by atoms with Crippen LogP contribution < -0.4 is 0 Å². The second-order valence-corrected chi connectivity index (χ2v) is 2.69. The predicted octanol–water partition coefficient (Wildman–Crippen LogP) is 1.02. The average Bonchev–Trinajstić information content (AvgIpc) is 2.01. The molecule has 2 N–H and O–H groups in total. The van der Waals surface area contributed by atoms with Gasteiger partial charge in [0.05, 0.1) is 0 Å². The third-order valence-corrected chi connectivity index (χ3v) is 1.50. The van der Waals surface area contributed by atoms with Gasteiger partial charge in [0.15, 0.2) is 0 Å². The Labute approximate surface area is 72.3 Å². The van der Waals surface area contributed by atoms with Gasteiger partial charge in [0.25, 0.3) is 0 Å². The largest absolute Gasteiger partial charge is 0.480 e. The Morgan fingerprint density at radius 3 is 2.67 bits per heavy atom. The highest BCUT2D eigenvalue weighted by atomic mass is 16.4. The number of rotatable bonds is 2. The Morgan fingerprint density at radius 1 is 1.33 bits per heavy atom. The van der Waals surface area contributed by atoms with Gasteiger partial charge >= 0.3 is 7.12 Å². The molecule has 0 spiro atoms. The van der Waals surface area contributed by atoms with Crippen LogP contribution in [-0.2, 0) is 0 Å². The maximum absolute atomic E-state index is 8.55. The van der Waals surface area contributed by atoms with Gasteiger partial charge in [0, 0.05) is 0 Å². The summed E-state index contributed by atoms with van der Waals surface area (Å²) in [5.41, 5.74) is 2.13. The third kappa shape index (κ3) is 2.90. The lowest BCUT2D eigenvalue weighted by Gasteiger charge is -1.94. The van der Waals surface area contributed by atoms with E-state index >= 15 is 0 Å². The second kappa shape index (κ2) is 4.09. The van der Waals surface area contributed by atoms with Gasteiger partial charge in [-0.25, -0.2) is 0 Å². The molecular formula is C9H11BO2. The lowest BCUT2D eigenvalue weighted by atomic mass is 9.90. The monoisotopic (exact) mass is 162 g/mol. The van der Waals surface area contributed by atoms with Crippen LogP contribution in [0.5, 0.6) is 0 Å². The van der Waals surface area contributed by atoms with Crippen molar-refractivity contribution in [3.8, 4) is 0 Å². The molecule has 0 saturated carbocycles. The molecule has 0 amide bonds. The van der Waals surface area contributed by atoms with E-state index < -0.39 is 7.12 Å². The lowest BCUT2D eigenvalue weighted by molar-refractivity contribution is 0.424. The molecule has 0 atom stereocenters. The minimum absolute atomic E-state index is 0.975. The first-order valence-corrected chi connectivity index (χ1v) is 3.79. The molecule has 0 aromatic heterocycles. The van der Waals surface area contributed by atoms with Crippen LogP contribution in [0.15, 0.2) is 30.2 Å². The van der Waals surface area contributed by atoms with Gasteiger partial charge in [-0.15, -0.1) is 0 Å². The van der Waals surface area contributed by atoms with Gasteiger partial charge in [0.2, 0.25) is 0 Å². The lowest BCUT2D eigenvalue weighted by Crippen LogP contribution is -2.05. The van der Waals surface area contributed by atoms with E-state index in [-0.39, 0.29) is 0 Å². The number of aryl methyl sites for hydroxylation is 1. The zero-order chi connectivity index (χ0) is 8.97. The van der Waals surface area contributed by atoms with Gasteiger partial charge < -0.3 is 10.0 Å². The van der Waals surface area contributed by atoms with Crippen molar-refractivity contribution >= 4 is 13.2 Å². The predicted molar refractivity (Wildman–Crippen MR) is 50.4 cm³/mol. The van der Waals surface area contributed by atoms with E-state index in [1.165, 1.54) is 5.98 Å². The van der Waals surface area contributed by atoms with Crippen molar-refractivity contribution in [1.82, 2.24) is 0 Å². The van der Waals surface area contributed by atoms with Gasteiger partial charge in [-0.3, -0.25) is 0 Å². The first kappa shape index (κ1) is 9.04. The van der Waals surface area contributed by atoms with E-state index in [0.29, 0.717) is 0 Å². The fraction of sp³-hybridized carbons (Fsp3) is 0.111. The summed E-state index contributed by atoms with van der Waals surface area (Å²) in [6.07, 6.45) is 1.68. The Morgan fingerprint density at radius 2 is 2.08 bits per heavy atom. The highest BCUT2D eigenvalue weighted by Gasteiger charge is 1.97. The first-order valence-electron chi connectivity index (χ1n) is 3.79. The molecule has 0 aliphatic heterocycles. The van der Waals surface area contributed by atoms with E-state index in [1.54, 1.807) is 6.08 Å². The number of benzene rings is 1. The normalized spacial score (nSPS) is 10.6. The van der Waals surface area contributed by atoms with Gasteiger partial charge in [-0.1, -0.05) is 41.9 Å². The van der Waals surface area contributed by atoms with Crippen molar-refractivity contribution in [2.75, 3.05) is 0 Å². The molecule has 1 rings (SSSR count). The van der Waals surface area contributed by atoms with Crippen molar-refractivity contribution in [2.24, 2.45) is 0 Å². The topological polar surface area (TPSA) is 40.5 Å². The van der Waals surface area contributed by atoms with Crippen LogP contribution in [0.3, 0.4) is 0 Å². The van der Waals surface area contributed by atoms with Crippen LogP contribution in [0.2, 0.25) is 0 Å². The highest BCUT2D eigenvalue weighted by Crippen LogP contribution is 2.05. The van der Waals surface area contributed by atoms with E-state index in [9.17, 15) is 0 Å². The van der Waals surface area contributed by atoms with E-state index in [2.05, 4.69) is 0 Å². The summed E-state index contributed by atoms with van der Waals surface area (Å²) >= 11 is 0. The van der Waals surface area contributed by atoms with Gasteiger partial charge in [-0.05, 0) is 12.5 Å². The molecule has 1 aromatic carbocycles. The smallest absolute Gasteiger partial charge is 0.424 e. The molecule has 62 valence electrons. The maximum Gasteiger partial charge on any atom is 0.480 e. The van der Waals surface area contributed by atoms with Crippen LogP contribution in [0.4, 0.5) is 0 Å². The molecule has 0 aliphatic rings. The van der Waals surface area contributed by atoms with Gasteiger partial charge in [-0.2, -0.15) is 0 Å². The highest BCUT2D eigenvalue weighted by molar-refractivity contribution is 6.48. The van der Waals surface area contributed by atoms with Crippen LogP contribution in [0.25, 0.3) is 6.08 Å². The minimum Gasteiger partial charge on any atom is -0.424 e. The van der Waals surface area contributed by atoms with E-state index in [0.717, 1.165) is 11.1 Å². The molecule has 2 nitrogen and oxygen atoms in total. The standard InChI is InChI=1S/C9H11BO2/c1-8-3-2-4-9(7-8)5-6-10(11)12/h2-7,11-12H,1H3/b6-5+. The summed E-state index contributed by atoms with van der Waals surface area (Å²) in [5, 5.41) is 17.1. The summed E-state index contributed by atoms with van der Waals surface area (Å²) in [6, 6.07) is 7.80. The Kier molecular flexibility index (Phi) is 3.08. The SMILES string of the molecule is Cc1cccc(/C=C/B(O)O)c1. The molecule has 0 fully saturated rings. The van der Waals surface area contributed by atoms with Crippen molar-refractivity contribution in [2.45, 2.75) is 6.92 Å². The minimum atomic E-state index is -1.37. The summed E-state index contributed by atoms with van der Waals surface area (Å²) in [6.45, 7) is 1.99. The fourth-order valence-corrected chi connectivity index (χ4v) is 0.971. The Hall–Kier alpha value is -1.06. The van der Waals surface area contributed by atoms with E-state index in [4.69, 9.17) is 10.0 Å². The summed E-state index contributed by atoms with van der Waals surface area (Å²) in [4.78, 5) is 0. The molecule has 1 aromatic rings. The van der Waals surface area contributed by atoms with Crippen LogP contribution in [-0.4, -0.2) is 17.2 Å². The average molecular weight is 162 g/mol. The molecule has 0 heterocycles.